The fourth-order valence-corrected chi connectivity index (χ4v) is 1.27. The molecular weight excluding hydrogens is 170 g/mol. The summed E-state index contributed by atoms with van der Waals surface area (Å²) in [6.45, 7) is 0. The Bertz CT molecular complexity index is 235. The fourth-order valence-electron chi connectivity index (χ4n) is 1.06. The van der Waals surface area contributed by atoms with Crippen LogP contribution in [0.2, 0.25) is 0 Å². The lowest BCUT2D eigenvalue weighted by atomic mass is 9.94. The van der Waals surface area contributed by atoms with Crippen molar-refractivity contribution in [2.24, 2.45) is 0 Å². The molecule has 0 aliphatic heterocycles. The Morgan fingerprint density at radius 3 is 2.42 bits per heavy atom. The van der Waals surface area contributed by atoms with E-state index in [1.54, 1.807) is 0 Å². The topological polar surface area (TPSA) is 20.2 Å². The Morgan fingerprint density at radius 2 is 1.92 bits per heavy atom. The zero-order valence-electron chi connectivity index (χ0n) is 7.13. The lowest BCUT2D eigenvalue weighted by molar-refractivity contribution is 0.174. The fraction of sp³-hybridized carbons (Fsp3) is 0.333. The van der Waals surface area contributed by atoms with Gasteiger partial charge in [0.15, 0.2) is 0 Å². The molecule has 64 valence electrons. The molecule has 0 saturated carbocycles. The highest BCUT2D eigenvalue weighted by molar-refractivity contribution is 6.32. The van der Waals surface area contributed by atoms with Crippen LogP contribution in [0.25, 0.3) is 0 Å². The highest BCUT2D eigenvalue weighted by Crippen LogP contribution is 2.15. The molecule has 1 aromatic carbocycles. The maximum absolute atomic E-state index is 9.53. The number of hydrogen-bond acceptors (Lipinski definition) is 1. The average Bonchev–Trinajstić information content (AvgIpc) is 2.06. The smallest absolute Gasteiger partial charge is 0.139 e. The molecule has 0 aromatic heterocycles. The second-order valence-electron chi connectivity index (χ2n) is 2.90. The Morgan fingerprint density at radius 1 is 1.33 bits per heavy atom. The molecule has 0 aliphatic rings. The highest BCUT2D eigenvalue weighted by atomic mass is 35.5. The van der Waals surface area contributed by atoms with Gasteiger partial charge in [0.25, 0.3) is 0 Å². The Labute approximate surface area is 78.8 Å². The SMILES string of the molecule is Bc1ccc(C(O)CCCl)cc1. The zero-order chi connectivity index (χ0) is 8.97. The van der Waals surface area contributed by atoms with E-state index >= 15 is 0 Å². The van der Waals surface area contributed by atoms with Crippen molar-refractivity contribution in [1.82, 2.24) is 0 Å². The minimum atomic E-state index is -0.414. The van der Waals surface area contributed by atoms with E-state index in [0.29, 0.717) is 12.3 Å². The molecule has 1 atom stereocenters. The summed E-state index contributed by atoms with van der Waals surface area (Å²) in [5.74, 6) is 0.495. The van der Waals surface area contributed by atoms with Gasteiger partial charge < -0.3 is 5.11 Å². The van der Waals surface area contributed by atoms with Crippen LogP contribution in [0, 0.1) is 0 Å². The van der Waals surface area contributed by atoms with Crippen LogP contribution in [0.3, 0.4) is 0 Å². The molecule has 3 heteroatoms. The largest absolute Gasteiger partial charge is 0.388 e. The molecule has 0 radical (unpaired) electrons. The standard InChI is InChI=1S/C9H12BClO/c10-8-3-1-7(2-4-8)9(12)5-6-11/h1-4,9,12H,5-6,10H2. The minimum absolute atomic E-state index is 0.414. The lowest BCUT2D eigenvalue weighted by Crippen LogP contribution is -2.04. The van der Waals surface area contributed by atoms with Crippen LogP contribution in [0.1, 0.15) is 18.1 Å². The highest BCUT2D eigenvalue weighted by Gasteiger charge is 2.04. The number of benzene rings is 1. The van der Waals surface area contributed by atoms with Gasteiger partial charge in [0.05, 0.1) is 6.10 Å². The van der Waals surface area contributed by atoms with E-state index in [4.69, 9.17) is 11.6 Å². The molecule has 0 spiro atoms. The molecule has 1 nitrogen and oxygen atoms in total. The van der Waals surface area contributed by atoms with E-state index in [1.165, 1.54) is 5.46 Å². The molecular formula is C9H12BClO. The number of rotatable bonds is 3. The van der Waals surface area contributed by atoms with Crippen molar-refractivity contribution in [1.29, 1.82) is 0 Å². The molecule has 0 aliphatic carbocycles. The van der Waals surface area contributed by atoms with E-state index in [1.807, 2.05) is 32.1 Å². The van der Waals surface area contributed by atoms with Gasteiger partial charge in [0, 0.05) is 5.88 Å². The second kappa shape index (κ2) is 4.53. The van der Waals surface area contributed by atoms with E-state index < -0.39 is 6.10 Å². The maximum Gasteiger partial charge on any atom is 0.139 e. The Hall–Kier alpha value is -0.465. The molecule has 0 heterocycles. The second-order valence-corrected chi connectivity index (χ2v) is 3.28. The predicted molar refractivity (Wildman–Crippen MR) is 54.9 cm³/mol. The third-order valence-corrected chi connectivity index (χ3v) is 2.06. The number of hydrogen-bond donors (Lipinski definition) is 1. The number of alkyl halides is 1. The first-order valence-corrected chi connectivity index (χ1v) is 4.58. The van der Waals surface area contributed by atoms with Gasteiger partial charge in [0.2, 0.25) is 0 Å². The average molecular weight is 182 g/mol. The number of aliphatic hydroxyl groups excluding tert-OH is 1. The number of halogens is 1. The molecule has 1 rings (SSSR count). The van der Waals surface area contributed by atoms with E-state index in [9.17, 15) is 5.11 Å². The van der Waals surface area contributed by atoms with Crippen LogP contribution in [-0.4, -0.2) is 18.8 Å². The summed E-state index contributed by atoms with van der Waals surface area (Å²) in [5, 5.41) is 9.53. The van der Waals surface area contributed by atoms with E-state index in [0.717, 1.165) is 5.56 Å². The molecule has 0 amide bonds. The molecule has 0 saturated heterocycles. The molecule has 1 N–H and O–H groups in total. The molecule has 1 aromatic rings. The van der Waals surface area contributed by atoms with Gasteiger partial charge >= 0.3 is 0 Å². The van der Waals surface area contributed by atoms with E-state index in [2.05, 4.69) is 0 Å². The monoisotopic (exact) mass is 182 g/mol. The van der Waals surface area contributed by atoms with Crippen molar-refractivity contribution >= 4 is 24.9 Å². The van der Waals surface area contributed by atoms with Crippen LogP contribution >= 0.6 is 11.6 Å². The van der Waals surface area contributed by atoms with E-state index in [-0.39, 0.29) is 0 Å². The van der Waals surface area contributed by atoms with Crippen molar-refractivity contribution < 1.29 is 5.11 Å². The van der Waals surface area contributed by atoms with Gasteiger partial charge in [-0.05, 0) is 12.0 Å². The van der Waals surface area contributed by atoms with Crippen molar-refractivity contribution in [3.05, 3.63) is 29.8 Å². The minimum Gasteiger partial charge on any atom is -0.388 e. The van der Waals surface area contributed by atoms with Gasteiger partial charge in [-0.1, -0.05) is 29.7 Å². The summed E-state index contributed by atoms with van der Waals surface area (Å²) >= 11 is 5.52. The third-order valence-electron chi connectivity index (χ3n) is 1.84. The summed E-state index contributed by atoms with van der Waals surface area (Å²) in [5.41, 5.74) is 2.15. The zero-order valence-corrected chi connectivity index (χ0v) is 7.88. The maximum atomic E-state index is 9.53. The predicted octanol–water partition coefficient (Wildman–Crippen LogP) is 0.607. The third kappa shape index (κ3) is 2.54. The summed E-state index contributed by atoms with van der Waals surface area (Å²) in [4.78, 5) is 0. The quantitative estimate of drug-likeness (QED) is 0.536. The van der Waals surface area contributed by atoms with Crippen LogP contribution < -0.4 is 5.46 Å². The summed E-state index contributed by atoms with van der Waals surface area (Å²) in [7, 11) is 2.03. The van der Waals surface area contributed by atoms with Gasteiger partial charge in [-0.3, -0.25) is 0 Å². The van der Waals surface area contributed by atoms with Crippen LogP contribution in [-0.2, 0) is 0 Å². The Balaban J connectivity index is 2.68. The van der Waals surface area contributed by atoms with Crippen molar-refractivity contribution in [3.63, 3.8) is 0 Å². The molecule has 0 bridgehead atoms. The summed E-state index contributed by atoms with van der Waals surface area (Å²) < 4.78 is 0. The van der Waals surface area contributed by atoms with Gasteiger partial charge in [-0.2, -0.15) is 0 Å². The van der Waals surface area contributed by atoms with Crippen molar-refractivity contribution in [2.75, 3.05) is 5.88 Å². The number of aliphatic hydroxyl groups is 1. The Kier molecular flexibility index (Phi) is 3.64. The lowest BCUT2D eigenvalue weighted by Gasteiger charge is -2.08. The van der Waals surface area contributed by atoms with Gasteiger partial charge in [-0.25, -0.2) is 0 Å². The van der Waals surface area contributed by atoms with Crippen LogP contribution in [0.15, 0.2) is 24.3 Å². The van der Waals surface area contributed by atoms with Crippen molar-refractivity contribution in [3.8, 4) is 0 Å². The first-order valence-electron chi connectivity index (χ1n) is 4.04. The van der Waals surface area contributed by atoms with Crippen molar-refractivity contribution in [2.45, 2.75) is 12.5 Å². The first-order chi connectivity index (χ1) is 5.74. The summed E-state index contributed by atoms with van der Waals surface area (Å²) in [6, 6.07) is 7.86. The first kappa shape index (κ1) is 9.62. The van der Waals surface area contributed by atoms with Gasteiger partial charge in [-0.15, -0.1) is 11.6 Å². The normalized spacial score (nSPS) is 12.8. The summed E-state index contributed by atoms with van der Waals surface area (Å²) in [6.07, 6.45) is 0.202. The molecule has 12 heavy (non-hydrogen) atoms. The van der Waals surface area contributed by atoms with Gasteiger partial charge in [0.1, 0.15) is 7.85 Å². The van der Waals surface area contributed by atoms with Crippen LogP contribution in [0.4, 0.5) is 0 Å². The molecule has 0 fully saturated rings. The molecule has 1 unspecified atom stereocenters. The van der Waals surface area contributed by atoms with Crippen LogP contribution in [0.5, 0.6) is 0 Å².